The van der Waals surface area contributed by atoms with Gasteiger partial charge in [-0.25, -0.2) is 4.79 Å². The summed E-state index contributed by atoms with van der Waals surface area (Å²) in [5.74, 6) is 0. The maximum atomic E-state index is 10.9. The van der Waals surface area contributed by atoms with E-state index in [0.29, 0.717) is 0 Å². The van der Waals surface area contributed by atoms with Crippen LogP contribution < -0.4 is 10.6 Å². The third kappa shape index (κ3) is 1.88. The fraction of sp³-hybridized carbons (Fsp3) is 0.875. The molecular weight excluding hydrogens is 156 g/mol. The smallest absolute Gasteiger partial charge is 0.407 e. The molecule has 70 valence electrons. The number of hydrogen-bond donors (Lipinski definition) is 2. The fourth-order valence-corrected chi connectivity index (χ4v) is 1.48. The fourth-order valence-electron chi connectivity index (χ4n) is 1.48. The summed E-state index contributed by atoms with van der Waals surface area (Å²) in [5.41, 5.74) is -0.0197. The first-order valence-electron chi connectivity index (χ1n) is 4.16. The van der Waals surface area contributed by atoms with Gasteiger partial charge in [0.15, 0.2) is 0 Å². The van der Waals surface area contributed by atoms with E-state index in [0.717, 1.165) is 13.0 Å². The maximum Gasteiger partial charge on any atom is 0.407 e. The zero-order valence-electron chi connectivity index (χ0n) is 7.81. The predicted octanol–water partition coefficient (Wildman–Crippen LogP) is 0.483. The lowest BCUT2D eigenvalue weighted by molar-refractivity contribution is 0.162. The van der Waals surface area contributed by atoms with Gasteiger partial charge in [0.25, 0.3) is 0 Å². The number of methoxy groups -OCH3 is 1. The van der Waals surface area contributed by atoms with Crippen LogP contribution in [0.2, 0.25) is 0 Å². The molecule has 1 rings (SSSR count). The van der Waals surface area contributed by atoms with Crippen LogP contribution in [0.15, 0.2) is 0 Å². The highest BCUT2D eigenvalue weighted by Gasteiger charge is 2.35. The van der Waals surface area contributed by atoms with Crippen LogP contribution in [-0.4, -0.2) is 31.3 Å². The second kappa shape index (κ2) is 3.31. The molecule has 0 bridgehead atoms. The quantitative estimate of drug-likeness (QED) is 0.605. The Morgan fingerprint density at radius 3 is 2.75 bits per heavy atom. The minimum atomic E-state index is -0.350. The summed E-state index contributed by atoms with van der Waals surface area (Å²) in [5, 5.41) is 6.10. The van der Waals surface area contributed by atoms with Gasteiger partial charge >= 0.3 is 6.09 Å². The van der Waals surface area contributed by atoms with E-state index in [-0.39, 0.29) is 17.7 Å². The standard InChI is InChI=1S/C8H16N2O2/c1-8(2)6(4-5-9-8)10-7(11)12-3/h6,9H,4-5H2,1-3H3,(H,10,11). The summed E-state index contributed by atoms with van der Waals surface area (Å²) in [6, 6.07) is 0.171. The monoisotopic (exact) mass is 172 g/mol. The molecule has 1 aliphatic rings. The Hall–Kier alpha value is -0.770. The number of nitrogens with one attached hydrogen (secondary N) is 2. The van der Waals surface area contributed by atoms with Crippen LogP contribution in [-0.2, 0) is 4.74 Å². The highest BCUT2D eigenvalue weighted by atomic mass is 16.5. The van der Waals surface area contributed by atoms with E-state index in [4.69, 9.17) is 0 Å². The van der Waals surface area contributed by atoms with Crippen LogP contribution in [0.3, 0.4) is 0 Å². The van der Waals surface area contributed by atoms with Gasteiger partial charge in [-0.05, 0) is 26.8 Å². The predicted molar refractivity (Wildman–Crippen MR) is 46.0 cm³/mol. The van der Waals surface area contributed by atoms with Crippen molar-refractivity contribution in [1.29, 1.82) is 0 Å². The van der Waals surface area contributed by atoms with Gasteiger partial charge in [-0.15, -0.1) is 0 Å². The molecule has 0 aliphatic carbocycles. The lowest BCUT2D eigenvalue weighted by Gasteiger charge is -2.27. The first-order valence-corrected chi connectivity index (χ1v) is 4.16. The van der Waals surface area contributed by atoms with E-state index in [2.05, 4.69) is 29.2 Å². The molecule has 1 amide bonds. The summed E-state index contributed by atoms with van der Waals surface area (Å²) >= 11 is 0. The van der Waals surface area contributed by atoms with Crippen molar-refractivity contribution < 1.29 is 9.53 Å². The first kappa shape index (κ1) is 9.32. The Bertz CT molecular complexity index is 180. The molecule has 0 aromatic heterocycles. The molecule has 0 radical (unpaired) electrons. The molecule has 0 spiro atoms. The lowest BCUT2D eigenvalue weighted by Crippen LogP contribution is -2.50. The second-order valence-electron chi connectivity index (χ2n) is 3.63. The molecule has 0 aromatic carbocycles. The molecule has 12 heavy (non-hydrogen) atoms. The van der Waals surface area contributed by atoms with Crippen molar-refractivity contribution in [3.63, 3.8) is 0 Å². The Labute approximate surface area is 72.7 Å². The summed E-state index contributed by atoms with van der Waals surface area (Å²) in [6.45, 7) is 5.09. The van der Waals surface area contributed by atoms with E-state index in [1.165, 1.54) is 7.11 Å². The molecular formula is C8H16N2O2. The SMILES string of the molecule is COC(=O)NC1CCNC1(C)C. The number of ether oxygens (including phenoxy) is 1. The molecule has 1 atom stereocenters. The Kier molecular flexibility index (Phi) is 2.57. The minimum absolute atomic E-state index is 0.0197. The van der Waals surface area contributed by atoms with Crippen LogP contribution in [0.1, 0.15) is 20.3 Å². The number of alkyl carbamates (subject to hydrolysis) is 1. The van der Waals surface area contributed by atoms with Crippen LogP contribution >= 0.6 is 0 Å². The van der Waals surface area contributed by atoms with Crippen molar-refractivity contribution in [2.24, 2.45) is 0 Å². The van der Waals surface area contributed by atoms with Crippen molar-refractivity contribution in [1.82, 2.24) is 10.6 Å². The molecule has 1 fully saturated rings. The Morgan fingerprint density at radius 2 is 2.33 bits per heavy atom. The lowest BCUT2D eigenvalue weighted by atomic mass is 9.97. The Morgan fingerprint density at radius 1 is 1.67 bits per heavy atom. The average molecular weight is 172 g/mol. The van der Waals surface area contributed by atoms with Crippen molar-refractivity contribution >= 4 is 6.09 Å². The average Bonchev–Trinajstić information content (AvgIpc) is 2.31. The normalized spacial score (nSPS) is 26.8. The molecule has 1 unspecified atom stereocenters. The van der Waals surface area contributed by atoms with E-state index < -0.39 is 0 Å². The second-order valence-corrected chi connectivity index (χ2v) is 3.63. The molecule has 4 heteroatoms. The Balaban J connectivity index is 2.47. The van der Waals surface area contributed by atoms with E-state index in [9.17, 15) is 4.79 Å². The van der Waals surface area contributed by atoms with Crippen LogP contribution in [0.25, 0.3) is 0 Å². The van der Waals surface area contributed by atoms with Gasteiger partial charge in [0.05, 0.1) is 13.2 Å². The first-order chi connectivity index (χ1) is 5.56. The van der Waals surface area contributed by atoms with E-state index in [1.54, 1.807) is 0 Å². The number of hydrogen-bond acceptors (Lipinski definition) is 3. The van der Waals surface area contributed by atoms with Crippen molar-refractivity contribution in [3.05, 3.63) is 0 Å². The molecule has 1 heterocycles. The van der Waals surface area contributed by atoms with Gasteiger partial charge < -0.3 is 15.4 Å². The zero-order chi connectivity index (χ0) is 9.19. The number of carbonyl (C=O) groups excluding carboxylic acids is 1. The number of amides is 1. The largest absolute Gasteiger partial charge is 0.453 e. The molecule has 2 N–H and O–H groups in total. The van der Waals surface area contributed by atoms with Crippen LogP contribution in [0, 0.1) is 0 Å². The summed E-state index contributed by atoms with van der Waals surface area (Å²) in [7, 11) is 1.38. The van der Waals surface area contributed by atoms with Gasteiger partial charge in [0.1, 0.15) is 0 Å². The van der Waals surface area contributed by atoms with Crippen LogP contribution in [0.4, 0.5) is 4.79 Å². The van der Waals surface area contributed by atoms with Gasteiger partial charge in [-0.3, -0.25) is 0 Å². The number of rotatable bonds is 1. The topological polar surface area (TPSA) is 50.4 Å². The number of carbonyl (C=O) groups is 1. The maximum absolute atomic E-state index is 10.9. The van der Waals surface area contributed by atoms with E-state index in [1.807, 2.05) is 0 Å². The van der Waals surface area contributed by atoms with Gasteiger partial charge in [0, 0.05) is 5.54 Å². The van der Waals surface area contributed by atoms with Gasteiger partial charge in [0.2, 0.25) is 0 Å². The van der Waals surface area contributed by atoms with Gasteiger partial charge in [-0.2, -0.15) is 0 Å². The molecule has 0 aromatic rings. The molecule has 1 saturated heterocycles. The third-order valence-corrected chi connectivity index (χ3v) is 2.36. The third-order valence-electron chi connectivity index (χ3n) is 2.36. The molecule has 4 nitrogen and oxygen atoms in total. The molecule has 0 saturated carbocycles. The van der Waals surface area contributed by atoms with Gasteiger partial charge in [-0.1, -0.05) is 0 Å². The zero-order valence-corrected chi connectivity index (χ0v) is 7.81. The highest BCUT2D eigenvalue weighted by Crippen LogP contribution is 2.18. The summed E-state index contributed by atoms with van der Waals surface area (Å²) < 4.78 is 4.53. The summed E-state index contributed by atoms with van der Waals surface area (Å²) in [6.07, 6.45) is 0.610. The van der Waals surface area contributed by atoms with Crippen LogP contribution in [0.5, 0.6) is 0 Å². The molecule has 1 aliphatic heterocycles. The highest BCUT2D eigenvalue weighted by molar-refractivity contribution is 5.67. The van der Waals surface area contributed by atoms with Crippen molar-refractivity contribution in [2.75, 3.05) is 13.7 Å². The van der Waals surface area contributed by atoms with Crippen molar-refractivity contribution in [3.8, 4) is 0 Å². The van der Waals surface area contributed by atoms with Crippen molar-refractivity contribution in [2.45, 2.75) is 31.8 Å². The summed E-state index contributed by atoms with van der Waals surface area (Å²) in [4.78, 5) is 10.9. The minimum Gasteiger partial charge on any atom is -0.453 e. The van der Waals surface area contributed by atoms with E-state index >= 15 is 0 Å².